The molecule has 0 aliphatic heterocycles. The fraction of sp³-hybridized carbons (Fsp3) is 0.636. The highest BCUT2D eigenvalue weighted by Gasteiger charge is 2.24. The number of nitro groups is 1. The topological polar surface area (TPSA) is 92.4 Å². The first kappa shape index (κ1) is 15.6. The summed E-state index contributed by atoms with van der Waals surface area (Å²) in [5, 5.41) is 19.8. The van der Waals surface area contributed by atoms with Gasteiger partial charge in [0.2, 0.25) is 11.1 Å². The van der Waals surface area contributed by atoms with Crippen LogP contribution in [0.3, 0.4) is 0 Å². The Kier molecular flexibility index (Phi) is 5.91. The predicted molar refractivity (Wildman–Crippen MR) is 72.6 cm³/mol. The summed E-state index contributed by atoms with van der Waals surface area (Å²) >= 11 is 5.75. The van der Waals surface area contributed by atoms with Gasteiger partial charge in [0, 0.05) is 20.2 Å². The smallest absolute Gasteiger partial charge is 0.332 e. The molecule has 0 aliphatic carbocycles. The third kappa shape index (κ3) is 4.29. The lowest BCUT2D eigenvalue weighted by molar-refractivity contribution is -0.385. The molecule has 0 bridgehead atoms. The molecule has 0 aromatic carbocycles. The number of anilines is 1. The van der Waals surface area contributed by atoms with Crippen LogP contribution in [0.1, 0.15) is 25.0 Å². The summed E-state index contributed by atoms with van der Waals surface area (Å²) in [4.78, 5) is 20.0. The van der Waals surface area contributed by atoms with E-state index in [2.05, 4.69) is 9.97 Å². The molecule has 0 unspecified atom stereocenters. The second-order valence-corrected chi connectivity index (χ2v) is 4.55. The van der Waals surface area contributed by atoms with Crippen LogP contribution in [0.15, 0.2) is 0 Å². The first-order chi connectivity index (χ1) is 8.97. The fourth-order valence-electron chi connectivity index (χ4n) is 1.74. The van der Waals surface area contributed by atoms with Crippen LogP contribution in [-0.4, -0.2) is 40.2 Å². The summed E-state index contributed by atoms with van der Waals surface area (Å²) in [7, 11) is 1.73. The highest BCUT2D eigenvalue weighted by molar-refractivity contribution is 6.28. The van der Waals surface area contributed by atoms with Crippen molar-refractivity contribution in [3.63, 3.8) is 0 Å². The Morgan fingerprint density at radius 3 is 2.63 bits per heavy atom. The van der Waals surface area contributed by atoms with Crippen LogP contribution in [0.5, 0.6) is 0 Å². The Morgan fingerprint density at radius 2 is 2.05 bits per heavy atom. The lowest BCUT2D eigenvalue weighted by Gasteiger charge is -2.18. The van der Waals surface area contributed by atoms with Gasteiger partial charge in [-0.25, -0.2) is 4.98 Å². The zero-order valence-electron chi connectivity index (χ0n) is 11.0. The van der Waals surface area contributed by atoms with E-state index in [4.69, 9.17) is 16.7 Å². The van der Waals surface area contributed by atoms with E-state index in [9.17, 15) is 10.1 Å². The summed E-state index contributed by atoms with van der Waals surface area (Å²) in [5.41, 5.74) is 0.135. The Labute approximate surface area is 116 Å². The van der Waals surface area contributed by atoms with E-state index in [1.807, 2.05) is 0 Å². The van der Waals surface area contributed by atoms with Crippen molar-refractivity contribution in [1.82, 2.24) is 9.97 Å². The first-order valence-corrected chi connectivity index (χ1v) is 6.35. The van der Waals surface area contributed by atoms with Gasteiger partial charge >= 0.3 is 5.69 Å². The third-order valence-electron chi connectivity index (χ3n) is 2.71. The summed E-state index contributed by atoms with van der Waals surface area (Å²) < 4.78 is 0. The van der Waals surface area contributed by atoms with E-state index < -0.39 is 4.92 Å². The van der Waals surface area contributed by atoms with Crippen molar-refractivity contribution in [1.29, 1.82) is 0 Å². The average molecular weight is 289 g/mol. The number of unbranched alkanes of at least 4 members (excludes halogenated alkanes) is 2. The molecular weight excluding hydrogens is 272 g/mol. The number of hydrogen-bond donors (Lipinski definition) is 1. The minimum absolute atomic E-state index is 0.000285. The Morgan fingerprint density at radius 1 is 1.37 bits per heavy atom. The monoisotopic (exact) mass is 288 g/mol. The lowest BCUT2D eigenvalue weighted by Crippen LogP contribution is -2.22. The number of aromatic nitrogens is 2. The van der Waals surface area contributed by atoms with Crippen LogP contribution in [0.2, 0.25) is 5.28 Å². The number of nitrogens with zero attached hydrogens (tertiary/aromatic N) is 4. The third-order valence-corrected chi connectivity index (χ3v) is 2.88. The van der Waals surface area contributed by atoms with Gasteiger partial charge in [-0.1, -0.05) is 0 Å². The second kappa shape index (κ2) is 7.20. The van der Waals surface area contributed by atoms with Crippen LogP contribution >= 0.6 is 11.6 Å². The van der Waals surface area contributed by atoms with E-state index >= 15 is 0 Å². The number of hydrogen-bond acceptors (Lipinski definition) is 6. The number of rotatable bonds is 7. The predicted octanol–water partition coefficient (Wildman–Crippen LogP) is 1.95. The van der Waals surface area contributed by atoms with Gasteiger partial charge < -0.3 is 10.0 Å². The molecule has 1 aromatic heterocycles. The Hall–Kier alpha value is -1.47. The quantitative estimate of drug-likeness (QED) is 0.357. The van der Waals surface area contributed by atoms with E-state index in [-0.39, 0.29) is 29.1 Å². The molecule has 1 aromatic rings. The van der Waals surface area contributed by atoms with Crippen LogP contribution < -0.4 is 4.90 Å². The molecule has 0 saturated carbocycles. The number of halogens is 1. The molecule has 1 N–H and O–H groups in total. The second-order valence-electron chi connectivity index (χ2n) is 4.21. The molecule has 0 aliphatic rings. The molecule has 0 saturated heterocycles. The van der Waals surface area contributed by atoms with Gasteiger partial charge in [-0.05, 0) is 37.8 Å². The fourth-order valence-corrected chi connectivity index (χ4v) is 1.95. The molecule has 0 radical (unpaired) electrons. The minimum Gasteiger partial charge on any atom is -0.396 e. The van der Waals surface area contributed by atoms with Gasteiger partial charge in [-0.2, -0.15) is 4.98 Å². The molecular formula is C11H17ClN4O3. The van der Waals surface area contributed by atoms with Crippen molar-refractivity contribution in [2.24, 2.45) is 0 Å². The molecule has 0 amide bonds. The van der Waals surface area contributed by atoms with E-state index in [0.29, 0.717) is 6.54 Å². The maximum Gasteiger partial charge on any atom is 0.332 e. The van der Waals surface area contributed by atoms with Gasteiger partial charge in [0.1, 0.15) is 5.69 Å². The van der Waals surface area contributed by atoms with Gasteiger partial charge in [-0.15, -0.1) is 0 Å². The maximum absolute atomic E-state index is 11.1. The molecule has 7 nitrogen and oxygen atoms in total. The molecule has 0 atom stereocenters. The number of aliphatic hydroxyl groups excluding tert-OH is 1. The number of aliphatic hydroxyl groups is 1. The van der Waals surface area contributed by atoms with Crippen molar-refractivity contribution >= 4 is 23.1 Å². The van der Waals surface area contributed by atoms with Crippen LogP contribution in [-0.2, 0) is 0 Å². The van der Waals surface area contributed by atoms with Gasteiger partial charge in [0.25, 0.3) is 0 Å². The molecule has 106 valence electrons. The Balaban J connectivity index is 2.88. The molecule has 1 heterocycles. The summed E-state index contributed by atoms with van der Waals surface area (Å²) in [6.07, 6.45) is 2.39. The van der Waals surface area contributed by atoms with Gasteiger partial charge in [0.05, 0.1) is 4.92 Å². The zero-order valence-corrected chi connectivity index (χ0v) is 11.7. The summed E-state index contributed by atoms with van der Waals surface area (Å²) in [6, 6.07) is 0. The van der Waals surface area contributed by atoms with Gasteiger partial charge in [-0.3, -0.25) is 10.1 Å². The lowest BCUT2D eigenvalue weighted by atomic mass is 10.2. The zero-order chi connectivity index (χ0) is 14.4. The maximum atomic E-state index is 11.1. The standard InChI is InChI=1S/C11H17ClN4O3/c1-8-9(16(18)19)10(14-11(12)13-8)15(2)6-4-3-5-7-17/h17H,3-7H2,1-2H3. The molecule has 0 spiro atoms. The summed E-state index contributed by atoms with van der Waals surface area (Å²) in [6.45, 7) is 2.30. The van der Waals surface area contributed by atoms with Crippen molar-refractivity contribution in [3.05, 3.63) is 21.1 Å². The molecule has 1 rings (SSSR count). The van der Waals surface area contributed by atoms with Gasteiger partial charge in [0.15, 0.2) is 0 Å². The Bertz CT molecular complexity index is 456. The van der Waals surface area contributed by atoms with E-state index in [1.165, 1.54) is 6.92 Å². The molecule has 8 heteroatoms. The SMILES string of the molecule is Cc1nc(Cl)nc(N(C)CCCCCO)c1[N+](=O)[O-]. The highest BCUT2D eigenvalue weighted by Crippen LogP contribution is 2.29. The van der Waals surface area contributed by atoms with Crippen molar-refractivity contribution in [3.8, 4) is 0 Å². The van der Waals surface area contributed by atoms with Crippen LogP contribution in [0.4, 0.5) is 11.5 Å². The van der Waals surface area contributed by atoms with Crippen LogP contribution in [0, 0.1) is 17.0 Å². The first-order valence-electron chi connectivity index (χ1n) is 5.98. The number of aryl methyl sites for hydroxylation is 1. The van der Waals surface area contributed by atoms with E-state index in [1.54, 1.807) is 11.9 Å². The van der Waals surface area contributed by atoms with Crippen molar-refractivity contribution in [2.45, 2.75) is 26.2 Å². The molecule has 19 heavy (non-hydrogen) atoms. The minimum atomic E-state index is -0.495. The highest BCUT2D eigenvalue weighted by atomic mass is 35.5. The van der Waals surface area contributed by atoms with Crippen LogP contribution in [0.25, 0.3) is 0 Å². The largest absolute Gasteiger partial charge is 0.396 e. The summed E-state index contributed by atoms with van der Waals surface area (Å²) in [5.74, 6) is 0.228. The normalized spacial score (nSPS) is 10.5. The van der Waals surface area contributed by atoms with Crippen molar-refractivity contribution in [2.75, 3.05) is 25.1 Å². The average Bonchev–Trinajstić information content (AvgIpc) is 2.32. The van der Waals surface area contributed by atoms with Crippen molar-refractivity contribution < 1.29 is 10.0 Å². The van der Waals surface area contributed by atoms with E-state index in [0.717, 1.165) is 19.3 Å². The molecule has 0 fully saturated rings.